The van der Waals surface area contributed by atoms with Crippen LogP contribution in [0.3, 0.4) is 0 Å². The van der Waals surface area contributed by atoms with E-state index < -0.39 is 0 Å². The van der Waals surface area contributed by atoms with Crippen molar-refractivity contribution in [2.45, 2.75) is 46.6 Å². The van der Waals surface area contributed by atoms with Gasteiger partial charge in [-0.15, -0.1) is 0 Å². The lowest BCUT2D eigenvalue weighted by molar-refractivity contribution is 0.0986. The van der Waals surface area contributed by atoms with Gasteiger partial charge in [-0.1, -0.05) is 32.9 Å². The van der Waals surface area contributed by atoms with Gasteiger partial charge in [0.15, 0.2) is 5.78 Å². The molecular weight excluding hydrogens is 375 g/mol. The Morgan fingerprint density at radius 3 is 2.33 bits per heavy atom. The van der Waals surface area contributed by atoms with Crippen molar-refractivity contribution in [2.24, 2.45) is 0 Å². The molecule has 0 unspecified atom stereocenters. The summed E-state index contributed by atoms with van der Waals surface area (Å²) in [6.45, 7) is 6.79. The first-order valence-corrected chi connectivity index (χ1v) is 8.54. The van der Waals surface area contributed by atoms with Gasteiger partial charge >= 0.3 is 0 Å². The van der Waals surface area contributed by atoms with Gasteiger partial charge in [0.05, 0.1) is 17.8 Å². The van der Waals surface area contributed by atoms with Crippen molar-refractivity contribution in [2.75, 3.05) is 0 Å². The molecule has 1 aromatic heterocycles. The lowest BCUT2D eigenvalue weighted by atomic mass is 10.0. The van der Waals surface area contributed by atoms with Crippen molar-refractivity contribution in [3.63, 3.8) is 0 Å². The second kappa shape index (κ2) is 7.20. The second-order valence-electron chi connectivity index (χ2n) is 5.04. The van der Waals surface area contributed by atoms with Crippen LogP contribution in [-0.2, 0) is 19.4 Å². The molecule has 0 bridgehead atoms. The number of carbonyl (C=O) groups is 1. The molecule has 1 heterocycles. The largest absolute Gasteiger partial charge is 0.294 e. The van der Waals surface area contributed by atoms with Crippen molar-refractivity contribution in [1.29, 1.82) is 0 Å². The molecule has 0 aliphatic heterocycles. The minimum atomic E-state index is 0.206. The predicted octanol–water partition coefficient (Wildman–Crippen LogP) is 4.25. The van der Waals surface area contributed by atoms with Gasteiger partial charge in [0, 0.05) is 15.7 Å². The van der Waals surface area contributed by atoms with Crippen LogP contribution in [0.1, 0.15) is 54.5 Å². The lowest BCUT2D eigenvalue weighted by Crippen LogP contribution is -2.08. The van der Waals surface area contributed by atoms with Gasteiger partial charge in [0.2, 0.25) is 0 Å². The summed E-state index contributed by atoms with van der Waals surface area (Å²) in [6, 6.07) is 8.44. The molecule has 4 heteroatoms. The highest BCUT2D eigenvalue weighted by Crippen LogP contribution is 2.20. The number of aromatic nitrogens is 2. The van der Waals surface area contributed by atoms with E-state index in [2.05, 4.69) is 65.8 Å². The number of aryl methyl sites for hydroxylation is 1. The van der Waals surface area contributed by atoms with E-state index in [4.69, 9.17) is 0 Å². The third-order valence-corrected chi connectivity index (χ3v) is 4.36. The maximum Gasteiger partial charge on any atom is 0.166 e. The van der Waals surface area contributed by atoms with Crippen LogP contribution in [0.5, 0.6) is 0 Å². The molecule has 0 N–H and O–H groups in total. The highest BCUT2D eigenvalue weighted by Gasteiger charge is 2.20. The van der Waals surface area contributed by atoms with Gasteiger partial charge in [0.1, 0.15) is 0 Å². The van der Waals surface area contributed by atoms with Crippen molar-refractivity contribution in [3.8, 4) is 0 Å². The number of benzene rings is 1. The maximum atomic E-state index is 12.2. The summed E-state index contributed by atoms with van der Waals surface area (Å²) in [6.07, 6.45) is 2.17. The van der Waals surface area contributed by atoms with E-state index in [-0.39, 0.29) is 5.78 Å². The highest BCUT2D eigenvalue weighted by molar-refractivity contribution is 14.1. The number of ketones is 1. The zero-order valence-corrected chi connectivity index (χ0v) is 15.0. The van der Waals surface area contributed by atoms with Gasteiger partial charge in [-0.3, -0.25) is 9.48 Å². The first-order chi connectivity index (χ1) is 10.1. The van der Waals surface area contributed by atoms with E-state index in [0.717, 1.165) is 36.3 Å². The normalized spacial score (nSPS) is 10.9. The van der Waals surface area contributed by atoms with Crippen molar-refractivity contribution in [3.05, 3.63) is 50.4 Å². The summed E-state index contributed by atoms with van der Waals surface area (Å²) in [5.41, 5.74) is 4.07. The van der Waals surface area contributed by atoms with Gasteiger partial charge in [-0.05, 0) is 53.1 Å². The summed E-state index contributed by atoms with van der Waals surface area (Å²) in [5, 5.41) is 4.68. The fourth-order valence-electron chi connectivity index (χ4n) is 2.55. The molecule has 0 radical (unpaired) electrons. The molecule has 0 atom stereocenters. The topological polar surface area (TPSA) is 34.9 Å². The van der Waals surface area contributed by atoms with Gasteiger partial charge < -0.3 is 0 Å². The monoisotopic (exact) mass is 396 g/mol. The van der Waals surface area contributed by atoms with Crippen LogP contribution >= 0.6 is 22.6 Å². The smallest absolute Gasteiger partial charge is 0.166 e. The highest BCUT2D eigenvalue weighted by atomic mass is 127. The molecule has 0 aliphatic rings. The van der Waals surface area contributed by atoms with Crippen molar-refractivity contribution in [1.82, 2.24) is 9.78 Å². The van der Waals surface area contributed by atoms with Crippen molar-refractivity contribution < 1.29 is 4.79 Å². The van der Waals surface area contributed by atoms with E-state index in [0.29, 0.717) is 6.42 Å². The molecule has 0 saturated carbocycles. The Kier molecular flexibility index (Phi) is 5.56. The third kappa shape index (κ3) is 3.54. The van der Waals surface area contributed by atoms with Gasteiger partial charge in [-0.2, -0.15) is 5.10 Å². The Bertz CT molecular complexity index is 629. The Balaban J connectivity index is 2.41. The second-order valence-corrected chi connectivity index (χ2v) is 6.28. The zero-order valence-electron chi connectivity index (χ0n) is 12.8. The number of nitrogens with zero attached hydrogens (tertiary/aromatic N) is 2. The summed E-state index contributed by atoms with van der Waals surface area (Å²) >= 11 is 2.30. The molecule has 0 fully saturated rings. The Morgan fingerprint density at radius 2 is 1.81 bits per heavy atom. The van der Waals surface area contributed by atoms with Crippen LogP contribution in [0.15, 0.2) is 24.3 Å². The minimum absolute atomic E-state index is 0.206. The first-order valence-electron chi connectivity index (χ1n) is 7.46. The molecule has 0 aliphatic carbocycles. The van der Waals surface area contributed by atoms with E-state index in [1.165, 1.54) is 9.13 Å². The summed E-state index contributed by atoms with van der Waals surface area (Å²) in [4.78, 5) is 12.2. The van der Waals surface area contributed by atoms with E-state index in [9.17, 15) is 4.79 Å². The molecule has 21 heavy (non-hydrogen) atoms. The fourth-order valence-corrected chi connectivity index (χ4v) is 2.91. The quantitative estimate of drug-likeness (QED) is 0.541. The molecule has 1 aromatic carbocycles. The molecule has 3 nitrogen and oxygen atoms in total. The lowest BCUT2D eigenvalue weighted by Gasteiger charge is -2.07. The summed E-state index contributed by atoms with van der Waals surface area (Å²) < 4.78 is 3.23. The third-order valence-electron chi connectivity index (χ3n) is 3.65. The Morgan fingerprint density at radius 1 is 1.14 bits per heavy atom. The van der Waals surface area contributed by atoms with Crippen LogP contribution in [0.4, 0.5) is 0 Å². The summed E-state index contributed by atoms with van der Waals surface area (Å²) in [5.74, 6) is 0.206. The molecule has 0 amide bonds. The van der Waals surface area contributed by atoms with Crippen LogP contribution < -0.4 is 0 Å². The van der Waals surface area contributed by atoms with Gasteiger partial charge in [-0.25, -0.2) is 0 Å². The van der Waals surface area contributed by atoms with Crippen LogP contribution in [0.25, 0.3) is 0 Å². The minimum Gasteiger partial charge on any atom is -0.294 e. The predicted molar refractivity (Wildman–Crippen MR) is 93.9 cm³/mol. The molecule has 0 saturated heterocycles. The number of hydrogen-bond acceptors (Lipinski definition) is 2. The van der Waals surface area contributed by atoms with E-state index in [1.807, 2.05) is 11.6 Å². The number of carbonyl (C=O) groups excluding carboxylic acids is 1. The van der Waals surface area contributed by atoms with Crippen LogP contribution in [-0.4, -0.2) is 15.6 Å². The van der Waals surface area contributed by atoms with E-state index in [1.54, 1.807) is 0 Å². The Labute approximate surface area is 139 Å². The SMILES string of the molecule is CCC(=O)c1c(CC)nn(Cc2ccc(I)cc2)c1CC. The fraction of sp³-hybridized carbons (Fsp3) is 0.412. The molecule has 0 spiro atoms. The Hall–Kier alpha value is -1.17. The maximum absolute atomic E-state index is 12.2. The zero-order chi connectivity index (χ0) is 15.4. The number of halogens is 1. The first kappa shape index (κ1) is 16.2. The molecular formula is C17H21IN2O. The average Bonchev–Trinajstić information content (AvgIpc) is 2.86. The van der Waals surface area contributed by atoms with Gasteiger partial charge in [0.25, 0.3) is 0 Å². The van der Waals surface area contributed by atoms with E-state index >= 15 is 0 Å². The standard InChI is InChI=1S/C17H21IN2O/c1-4-14-17(16(21)6-3)15(5-2)20(19-14)11-12-7-9-13(18)10-8-12/h7-10H,4-6,11H2,1-3H3. The van der Waals surface area contributed by atoms with Crippen molar-refractivity contribution >= 4 is 28.4 Å². The number of Topliss-reactive ketones (excluding diaryl/α,β-unsaturated/α-hetero) is 1. The molecule has 2 rings (SSSR count). The van der Waals surface area contributed by atoms with Crippen LogP contribution in [0.2, 0.25) is 0 Å². The molecule has 112 valence electrons. The molecule has 2 aromatic rings. The number of rotatable bonds is 6. The average molecular weight is 396 g/mol. The van der Waals surface area contributed by atoms with Crippen LogP contribution in [0, 0.1) is 3.57 Å². The number of hydrogen-bond donors (Lipinski definition) is 0. The summed E-state index contributed by atoms with van der Waals surface area (Å²) in [7, 11) is 0.